The van der Waals surface area contributed by atoms with E-state index < -0.39 is 23.7 Å². The van der Waals surface area contributed by atoms with E-state index in [9.17, 15) is 14.4 Å². The summed E-state index contributed by atoms with van der Waals surface area (Å²) in [7, 11) is 0. The van der Waals surface area contributed by atoms with Gasteiger partial charge in [-0.2, -0.15) is 0 Å². The van der Waals surface area contributed by atoms with Crippen LogP contribution in [0.3, 0.4) is 0 Å². The minimum atomic E-state index is -1.08. The number of carbonyl (C=O) groups excluding carboxylic acids is 3. The van der Waals surface area contributed by atoms with Crippen molar-refractivity contribution in [3.63, 3.8) is 0 Å². The Kier molecular flexibility index (Phi) is 7.40. The normalized spacial score (nSPS) is 16.1. The van der Waals surface area contributed by atoms with Crippen molar-refractivity contribution in [1.29, 1.82) is 0 Å². The molecule has 1 atom stereocenters. The molecule has 0 saturated carbocycles. The second kappa shape index (κ2) is 10.5. The maximum atomic E-state index is 13.1. The largest absolute Gasteiger partial charge is 0.460 e. The highest BCUT2D eigenvalue weighted by molar-refractivity contribution is 5.90. The number of hydrogen-bond donors (Lipinski definition) is 1. The quantitative estimate of drug-likeness (QED) is 0.636. The maximum absolute atomic E-state index is 13.1. The summed E-state index contributed by atoms with van der Waals surface area (Å²) in [5, 5.41) is 2.61. The number of fused-ring (bicyclic) bond motifs is 3. The lowest BCUT2D eigenvalue weighted by Gasteiger charge is -2.30. The number of alkyl carbamates (subject to hydrolysis) is 1. The molecule has 2 amide bonds. The number of carbonyl (C=O) groups is 3. The summed E-state index contributed by atoms with van der Waals surface area (Å²) in [6.07, 6.45) is -1.03. The molecule has 0 spiro atoms. The molecule has 8 nitrogen and oxygen atoms in total. The number of nitrogens with zero attached hydrogens (tertiary/aromatic N) is 1. The summed E-state index contributed by atoms with van der Waals surface area (Å²) in [5.74, 6) is -1.02. The Morgan fingerprint density at radius 3 is 2.14 bits per heavy atom. The molecule has 1 aliphatic heterocycles. The summed E-state index contributed by atoms with van der Waals surface area (Å²) in [4.78, 5) is 40.0. The molecular weight excluding hydrogens is 448 g/mol. The Morgan fingerprint density at radius 2 is 1.57 bits per heavy atom. The molecule has 186 valence electrons. The fourth-order valence-electron chi connectivity index (χ4n) is 4.54. The van der Waals surface area contributed by atoms with Gasteiger partial charge in [-0.3, -0.25) is 9.59 Å². The van der Waals surface area contributed by atoms with Crippen LogP contribution in [0.1, 0.15) is 44.2 Å². The average Bonchev–Trinajstić information content (AvgIpc) is 3.15. The molecule has 0 unspecified atom stereocenters. The fourth-order valence-corrected chi connectivity index (χ4v) is 4.54. The Labute approximate surface area is 205 Å². The van der Waals surface area contributed by atoms with Crippen molar-refractivity contribution < 1.29 is 28.6 Å². The van der Waals surface area contributed by atoms with E-state index in [1.807, 2.05) is 36.4 Å². The predicted molar refractivity (Wildman–Crippen MR) is 130 cm³/mol. The van der Waals surface area contributed by atoms with Gasteiger partial charge in [0.15, 0.2) is 0 Å². The van der Waals surface area contributed by atoms with E-state index in [2.05, 4.69) is 17.4 Å². The summed E-state index contributed by atoms with van der Waals surface area (Å²) >= 11 is 0. The van der Waals surface area contributed by atoms with Crippen LogP contribution in [-0.4, -0.2) is 67.4 Å². The van der Waals surface area contributed by atoms with E-state index in [1.54, 1.807) is 25.7 Å². The van der Waals surface area contributed by atoms with Crippen molar-refractivity contribution >= 4 is 18.0 Å². The predicted octanol–water partition coefficient (Wildman–Crippen LogP) is 3.48. The Bertz CT molecular complexity index is 1040. The van der Waals surface area contributed by atoms with Crippen LogP contribution >= 0.6 is 0 Å². The highest BCUT2D eigenvalue weighted by Crippen LogP contribution is 2.44. The summed E-state index contributed by atoms with van der Waals surface area (Å²) in [5.41, 5.74) is 3.74. The van der Waals surface area contributed by atoms with Crippen molar-refractivity contribution in [2.45, 2.75) is 44.8 Å². The zero-order chi connectivity index (χ0) is 25.0. The van der Waals surface area contributed by atoms with Gasteiger partial charge in [-0.25, -0.2) is 4.79 Å². The smallest absolute Gasteiger partial charge is 0.407 e. The Hall–Kier alpha value is -3.39. The molecule has 0 aromatic heterocycles. The highest BCUT2D eigenvalue weighted by Gasteiger charge is 2.33. The Balaban J connectivity index is 1.44. The third kappa shape index (κ3) is 6.00. The summed E-state index contributed by atoms with van der Waals surface area (Å²) < 4.78 is 16.3. The van der Waals surface area contributed by atoms with Gasteiger partial charge in [0.25, 0.3) is 0 Å². The molecule has 1 aliphatic carbocycles. The van der Waals surface area contributed by atoms with Crippen LogP contribution in [0, 0.1) is 0 Å². The highest BCUT2D eigenvalue weighted by atomic mass is 16.6. The van der Waals surface area contributed by atoms with E-state index in [1.165, 1.54) is 0 Å². The lowest BCUT2D eigenvalue weighted by molar-refractivity contribution is -0.157. The van der Waals surface area contributed by atoms with E-state index >= 15 is 0 Å². The zero-order valence-electron chi connectivity index (χ0n) is 20.4. The van der Waals surface area contributed by atoms with Crippen LogP contribution < -0.4 is 5.32 Å². The van der Waals surface area contributed by atoms with E-state index in [4.69, 9.17) is 14.2 Å². The van der Waals surface area contributed by atoms with Crippen LogP contribution in [0.2, 0.25) is 0 Å². The van der Waals surface area contributed by atoms with Crippen molar-refractivity contribution in [3.8, 4) is 11.1 Å². The first-order chi connectivity index (χ1) is 16.7. The minimum absolute atomic E-state index is 0.104. The molecule has 0 radical (unpaired) electrons. The fraction of sp³-hybridized carbons (Fsp3) is 0.444. The van der Waals surface area contributed by atoms with E-state index in [-0.39, 0.29) is 24.9 Å². The zero-order valence-corrected chi connectivity index (χ0v) is 20.4. The number of amides is 2. The van der Waals surface area contributed by atoms with Crippen LogP contribution in [-0.2, 0) is 23.8 Å². The standard InChI is InChI=1S/C27H32N2O6/c1-27(2,3)35-24(30)16-23(25(31)29-12-14-33-15-13-29)28-26(32)34-17-22-20-10-6-4-8-18(20)19-9-5-7-11-21(19)22/h4-11,22-23H,12-17H2,1-3H3,(H,28,32)/t23-/m0/s1. The van der Waals surface area contributed by atoms with E-state index in [0.29, 0.717) is 26.3 Å². The first kappa shape index (κ1) is 24.7. The molecule has 8 heteroatoms. The van der Waals surface area contributed by atoms with Gasteiger partial charge in [-0.1, -0.05) is 48.5 Å². The number of esters is 1. The number of rotatable bonds is 6. The third-order valence-electron chi connectivity index (χ3n) is 6.05. The lowest BCUT2D eigenvalue weighted by atomic mass is 9.98. The van der Waals surface area contributed by atoms with Crippen molar-refractivity contribution in [3.05, 3.63) is 59.7 Å². The number of morpholine rings is 1. The second-order valence-electron chi connectivity index (χ2n) is 9.75. The molecule has 4 rings (SSSR count). The first-order valence-electron chi connectivity index (χ1n) is 11.9. The van der Waals surface area contributed by atoms with E-state index in [0.717, 1.165) is 22.3 Å². The van der Waals surface area contributed by atoms with Crippen LogP contribution in [0.25, 0.3) is 11.1 Å². The minimum Gasteiger partial charge on any atom is -0.460 e. The molecule has 2 aromatic rings. The van der Waals surface area contributed by atoms with Crippen LogP contribution in [0.15, 0.2) is 48.5 Å². The number of benzene rings is 2. The monoisotopic (exact) mass is 480 g/mol. The first-order valence-corrected chi connectivity index (χ1v) is 11.9. The summed E-state index contributed by atoms with van der Waals surface area (Å²) in [6, 6.07) is 15.0. The lowest BCUT2D eigenvalue weighted by Crippen LogP contribution is -2.53. The SMILES string of the molecule is CC(C)(C)OC(=O)C[C@H](NC(=O)OCC1c2ccccc2-c2ccccc21)C(=O)N1CCOCC1. The van der Waals surface area contributed by atoms with Crippen molar-refractivity contribution in [2.75, 3.05) is 32.9 Å². The number of ether oxygens (including phenoxy) is 3. The average molecular weight is 481 g/mol. The van der Waals surface area contributed by atoms with Gasteiger partial charge < -0.3 is 24.4 Å². The van der Waals surface area contributed by atoms with Gasteiger partial charge in [0, 0.05) is 19.0 Å². The van der Waals surface area contributed by atoms with Crippen LogP contribution in [0.4, 0.5) is 4.79 Å². The molecular formula is C27H32N2O6. The van der Waals surface area contributed by atoms with Gasteiger partial charge in [-0.15, -0.1) is 0 Å². The summed E-state index contributed by atoms with van der Waals surface area (Å²) in [6.45, 7) is 7.00. The van der Waals surface area contributed by atoms with Crippen LogP contribution in [0.5, 0.6) is 0 Å². The van der Waals surface area contributed by atoms with Gasteiger partial charge in [0.2, 0.25) is 5.91 Å². The molecule has 1 saturated heterocycles. The molecule has 1 fully saturated rings. The number of nitrogens with one attached hydrogen (secondary N) is 1. The second-order valence-corrected chi connectivity index (χ2v) is 9.75. The molecule has 2 aromatic carbocycles. The topological polar surface area (TPSA) is 94.2 Å². The van der Waals surface area contributed by atoms with Gasteiger partial charge >= 0.3 is 12.1 Å². The number of hydrogen-bond acceptors (Lipinski definition) is 6. The van der Waals surface area contributed by atoms with Gasteiger partial charge in [0.05, 0.1) is 19.6 Å². The molecule has 35 heavy (non-hydrogen) atoms. The van der Waals surface area contributed by atoms with Gasteiger partial charge in [-0.05, 0) is 43.0 Å². The molecule has 2 aliphatic rings. The Morgan fingerprint density at radius 1 is 1.00 bits per heavy atom. The third-order valence-corrected chi connectivity index (χ3v) is 6.05. The molecule has 1 heterocycles. The maximum Gasteiger partial charge on any atom is 0.407 e. The molecule has 1 N–H and O–H groups in total. The van der Waals surface area contributed by atoms with Crippen molar-refractivity contribution in [1.82, 2.24) is 10.2 Å². The molecule has 0 bridgehead atoms. The van der Waals surface area contributed by atoms with Gasteiger partial charge in [0.1, 0.15) is 18.2 Å². The van der Waals surface area contributed by atoms with Crippen molar-refractivity contribution in [2.24, 2.45) is 0 Å².